The standard InChI is InChI=1S/C20H22BrNO3S/c1-20(19(23)22(2)16-7-4-5-8-18(16)26-20)15-13-14(24-3)9-10-17(15)25-12-6-11-21/h4-5,7-10,13H,6,11-12H2,1-3H3. The lowest BCUT2D eigenvalue weighted by molar-refractivity contribution is -0.120. The van der Waals surface area contributed by atoms with Crippen LogP contribution < -0.4 is 14.4 Å². The van der Waals surface area contributed by atoms with Gasteiger partial charge in [-0.15, -0.1) is 11.8 Å². The number of para-hydroxylation sites is 1. The maximum absolute atomic E-state index is 13.3. The lowest BCUT2D eigenvalue weighted by atomic mass is 9.96. The maximum Gasteiger partial charge on any atom is 0.247 e. The molecule has 3 rings (SSSR count). The van der Waals surface area contributed by atoms with E-state index in [-0.39, 0.29) is 5.91 Å². The number of benzene rings is 2. The summed E-state index contributed by atoms with van der Waals surface area (Å²) in [5.41, 5.74) is 1.77. The average molecular weight is 436 g/mol. The second kappa shape index (κ2) is 7.92. The van der Waals surface area contributed by atoms with Crippen molar-refractivity contribution < 1.29 is 14.3 Å². The first-order valence-corrected chi connectivity index (χ1v) is 10.4. The number of nitrogens with zero attached hydrogens (tertiary/aromatic N) is 1. The highest BCUT2D eigenvalue weighted by molar-refractivity contribution is 9.09. The number of rotatable bonds is 6. The molecule has 0 aromatic heterocycles. The van der Waals surface area contributed by atoms with Gasteiger partial charge in [0, 0.05) is 22.8 Å². The molecule has 138 valence electrons. The van der Waals surface area contributed by atoms with Crippen LogP contribution in [0.3, 0.4) is 0 Å². The smallest absolute Gasteiger partial charge is 0.247 e. The number of hydrogen-bond donors (Lipinski definition) is 0. The predicted octanol–water partition coefficient (Wildman–Crippen LogP) is 4.84. The molecule has 1 aliphatic heterocycles. The molecule has 2 aromatic rings. The Morgan fingerprint density at radius 3 is 2.73 bits per heavy atom. The second-order valence-electron chi connectivity index (χ2n) is 6.22. The number of carbonyl (C=O) groups is 1. The molecule has 2 aromatic carbocycles. The summed E-state index contributed by atoms with van der Waals surface area (Å²) in [6, 6.07) is 13.6. The van der Waals surface area contributed by atoms with E-state index in [1.807, 2.05) is 56.4 Å². The Bertz CT molecular complexity index is 813. The molecule has 1 unspecified atom stereocenters. The van der Waals surface area contributed by atoms with Crippen molar-refractivity contribution >= 4 is 39.3 Å². The normalized spacial score (nSPS) is 19.2. The molecule has 1 amide bonds. The van der Waals surface area contributed by atoms with Gasteiger partial charge in [0.1, 0.15) is 16.2 Å². The number of amides is 1. The van der Waals surface area contributed by atoms with Crippen LogP contribution >= 0.6 is 27.7 Å². The van der Waals surface area contributed by atoms with Gasteiger partial charge in [0.15, 0.2) is 0 Å². The Hall–Kier alpha value is -1.66. The Morgan fingerprint density at radius 2 is 2.00 bits per heavy atom. The number of ether oxygens (including phenoxy) is 2. The molecule has 0 saturated carbocycles. The van der Waals surface area contributed by atoms with Gasteiger partial charge in [-0.3, -0.25) is 4.79 Å². The zero-order valence-electron chi connectivity index (χ0n) is 15.1. The summed E-state index contributed by atoms with van der Waals surface area (Å²) < 4.78 is 10.6. The third-order valence-corrected chi connectivity index (χ3v) is 6.42. The van der Waals surface area contributed by atoms with E-state index in [4.69, 9.17) is 9.47 Å². The fourth-order valence-corrected chi connectivity index (χ4v) is 4.67. The highest BCUT2D eigenvalue weighted by Gasteiger charge is 2.45. The van der Waals surface area contributed by atoms with Gasteiger partial charge in [0.05, 0.1) is 19.4 Å². The molecule has 0 radical (unpaired) electrons. The monoisotopic (exact) mass is 435 g/mol. The van der Waals surface area contributed by atoms with E-state index >= 15 is 0 Å². The molecule has 1 heterocycles. The van der Waals surface area contributed by atoms with Crippen molar-refractivity contribution in [3.63, 3.8) is 0 Å². The Balaban J connectivity index is 2.07. The zero-order valence-corrected chi connectivity index (χ0v) is 17.5. The summed E-state index contributed by atoms with van der Waals surface area (Å²) in [5, 5.41) is 0.875. The molecule has 26 heavy (non-hydrogen) atoms. The molecule has 0 bridgehead atoms. The molecule has 0 spiro atoms. The summed E-state index contributed by atoms with van der Waals surface area (Å²) in [6.45, 7) is 2.55. The fourth-order valence-electron chi connectivity index (χ4n) is 3.06. The minimum atomic E-state index is -0.790. The number of hydrogen-bond acceptors (Lipinski definition) is 4. The van der Waals surface area contributed by atoms with E-state index in [0.717, 1.165) is 33.6 Å². The summed E-state index contributed by atoms with van der Waals surface area (Å²) in [5.74, 6) is 1.46. The fraction of sp³-hybridized carbons (Fsp3) is 0.350. The van der Waals surface area contributed by atoms with Crippen molar-refractivity contribution in [2.75, 3.05) is 31.0 Å². The molecule has 4 nitrogen and oxygen atoms in total. The van der Waals surface area contributed by atoms with Crippen molar-refractivity contribution in [1.29, 1.82) is 0 Å². The minimum Gasteiger partial charge on any atom is -0.497 e. The van der Waals surface area contributed by atoms with E-state index in [0.29, 0.717) is 12.4 Å². The van der Waals surface area contributed by atoms with Gasteiger partial charge >= 0.3 is 0 Å². The molecular formula is C20H22BrNO3S. The van der Waals surface area contributed by atoms with Crippen LogP contribution in [0, 0.1) is 0 Å². The van der Waals surface area contributed by atoms with Crippen molar-refractivity contribution in [2.45, 2.75) is 23.0 Å². The van der Waals surface area contributed by atoms with Gasteiger partial charge < -0.3 is 14.4 Å². The van der Waals surface area contributed by atoms with Crippen molar-refractivity contribution in [1.82, 2.24) is 0 Å². The van der Waals surface area contributed by atoms with Crippen LogP contribution in [0.1, 0.15) is 18.9 Å². The quantitative estimate of drug-likeness (QED) is 0.480. The number of halogens is 1. The van der Waals surface area contributed by atoms with Gasteiger partial charge in [0.2, 0.25) is 5.91 Å². The molecule has 0 fully saturated rings. The number of thioether (sulfide) groups is 1. The molecule has 1 atom stereocenters. The third kappa shape index (κ3) is 3.45. The highest BCUT2D eigenvalue weighted by Crippen LogP contribution is 2.52. The summed E-state index contributed by atoms with van der Waals surface area (Å²) in [7, 11) is 3.45. The molecule has 0 N–H and O–H groups in total. The zero-order chi connectivity index (χ0) is 18.7. The van der Waals surface area contributed by atoms with Crippen molar-refractivity contribution in [2.24, 2.45) is 0 Å². The highest BCUT2D eigenvalue weighted by atomic mass is 79.9. The van der Waals surface area contributed by atoms with Gasteiger partial charge in [0.25, 0.3) is 0 Å². The number of anilines is 1. The maximum atomic E-state index is 13.3. The first-order chi connectivity index (χ1) is 12.5. The average Bonchev–Trinajstić information content (AvgIpc) is 2.66. The molecular weight excluding hydrogens is 414 g/mol. The number of likely N-dealkylation sites (N-methyl/N-ethyl adjacent to an activating group) is 1. The predicted molar refractivity (Wildman–Crippen MR) is 110 cm³/mol. The van der Waals surface area contributed by atoms with E-state index in [1.165, 1.54) is 0 Å². The van der Waals surface area contributed by atoms with Gasteiger partial charge in [-0.05, 0) is 43.7 Å². The Kier molecular flexibility index (Phi) is 5.82. The van der Waals surface area contributed by atoms with E-state index in [9.17, 15) is 4.79 Å². The summed E-state index contributed by atoms with van der Waals surface area (Å²) >= 11 is 4.98. The summed E-state index contributed by atoms with van der Waals surface area (Å²) in [6.07, 6.45) is 0.895. The van der Waals surface area contributed by atoms with E-state index < -0.39 is 4.75 Å². The number of methoxy groups -OCH3 is 1. The van der Waals surface area contributed by atoms with Crippen molar-refractivity contribution in [3.05, 3.63) is 48.0 Å². The topological polar surface area (TPSA) is 38.8 Å². The lowest BCUT2D eigenvalue weighted by Gasteiger charge is -2.39. The van der Waals surface area contributed by atoms with Crippen LogP contribution in [-0.4, -0.2) is 32.0 Å². The van der Waals surface area contributed by atoms with E-state index in [2.05, 4.69) is 15.9 Å². The SMILES string of the molecule is COc1ccc(OCCCBr)c(C2(C)Sc3ccccc3N(C)C2=O)c1. The summed E-state index contributed by atoms with van der Waals surface area (Å²) in [4.78, 5) is 16.1. The van der Waals surface area contributed by atoms with Crippen LogP contribution in [0.2, 0.25) is 0 Å². The molecule has 0 saturated heterocycles. The molecule has 1 aliphatic rings. The van der Waals surface area contributed by atoms with Crippen LogP contribution in [-0.2, 0) is 9.54 Å². The number of alkyl halides is 1. The van der Waals surface area contributed by atoms with Crippen LogP contribution in [0.15, 0.2) is 47.4 Å². The Labute approximate surface area is 167 Å². The van der Waals surface area contributed by atoms with Gasteiger partial charge in [-0.1, -0.05) is 28.1 Å². The van der Waals surface area contributed by atoms with Crippen LogP contribution in [0.4, 0.5) is 5.69 Å². The first kappa shape index (κ1) is 19.1. The largest absolute Gasteiger partial charge is 0.497 e. The number of carbonyl (C=O) groups excluding carboxylic acids is 1. The van der Waals surface area contributed by atoms with E-state index in [1.54, 1.807) is 23.8 Å². The van der Waals surface area contributed by atoms with Crippen molar-refractivity contribution in [3.8, 4) is 11.5 Å². The Morgan fingerprint density at radius 1 is 1.23 bits per heavy atom. The number of fused-ring (bicyclic) bond motifs is 1. The van der Waals surface area contributed by atoms with Gasteiger partial charge in [-0.25, -0.2) is 0 Å². The molecule has 0 aliphatic carbocycles. The first-order valence-electron chi connectivity index (χ1n) is 8.44. The lowest BCUT2D eigenvalue weighted by Crippen LogP contribution is -2.44. The third-order valence-electron chi connectivity index (χ3n) is 4.49. The van der Waals surface area contributed by atoms with Crippen LogP contribution in [0.5, 0.6) is 11.5 Å². The molecule has 6 heteroatoms. The van der Waals surface area contributed by atoms with Crippen LogP contribution in [0.25, 0.3) is 0 Å². The minimum absolute atomic E-state index is 0.0276. The second-order valence-corrected chi connectivity index (χ2v) is 8.47. The van der Waals surface area contributed by atoms with Gasteiger partial charge in [-0.2, -0.15) is 0 Å².